The molecule has 122 valence electrons. The van der Waals surface area contributed by atoms with Crippen molar-refractivity contribution in [2.75, 3.05) is 35.8 Å². The number of aliphatic hydroxyl groups is 1. The molecule has 0 aliphatic heterocycles. The molecule has 0 atom stereocenters. The van der Waals surface area contributed by atoms with Gasteiger partial charge in [0, 0.05) is 31.0 Å². The van der Waals surface area contributed by atoms with Crippen LogP contribution in [0.15, 0.2) is 30.9 Å². The van der Waals surface area contributed by atoms with Gasteiger partial charge in [-0.3, -0.25) is 20.6 Å². The Morgan fingerprint density at radius 3 is 2.74 bits per heavy atom. The van der Waals surface area contributed by atoms with Gasteiger partial charge in [0.2, 0.25) is 0 Å². The van der Waals surface area contributed by atoms with Crippen LogP contribution in [0.25, 0.3) is 0 Å². The van der Waals surface area contributed by atoms with E-state index in [4.69, 9.17) is 10.8 Å². The molecule has 0 bridgehead atoms. The maximum atomic E-state index is 12.0. The minimum absolute atomic E-state index is 0.0151. The van der Waals surface area contributed by atoms with Gasteiger partial charge in [-0.15, -0.1) is 0 Å². The minimum atomic E-state index is -0.338. The smallest absolute Gasteiger partial charge is 0.269 e. The van der Waals surface area contributed by atoms with Crippen LogP contribution in [-0.2, 0) is 0 Å². The summed E-state index contributed by atoms with van der Waals surface area (Å²) in [5.74, 6) is 0.445. The van der Waals surface area contributed by atoms with Gasteiger partial charge >= 0.3 is 0 Å². The number of amides is 1. The molecule has 0 aromatic carbocycles. The molecular formula is C14H19N7O2. The van der Waals surface area contributed by atoms with E-state index in [9.17, 15) is 4.79 Å². The van der Waals surface area contributed by atoms with Crippen molar-refractivity contribution >= 4 is 23.2 Å². The number of nitrogens with one attached hydrogen (secondary N) is 2. The Labute approximate surface area is 133 Å². The number of pyridine rings is 1. The molecular weight excluding hydrogens is 298 g/mol. The first-order valence-corrected chi connectivity index (χ1v) is 7.10. The van der Waals surface area contributed by atoms with E-state index in [0.29, 0.717) is 24.5 Å². The molecule has 0 aliphatic carbocycles. The third-order valence-corrected chi connectivity index (χ3v) is 3.15. The number of hydrogen-bond acceptors (Lipinski definition) is 8. The van der Waals surface area contributed by atoms with E-state index >= 15 is 0 Å². The van der Waals surface area contributed by atoms with Gasteiger partial charge in [-0.2, -0.15) is 0 Å². The largest absolute Gasteiger partial charge is 0.395 e. The van der Waals surface area contributed by atoms with Crippen LogP contribution < -0.4 is 21.5 Å². The highest BCUT2D eigenvalue weighted by molar-refractivity contribution is 5.95. The quantitative estimate of drug-likeness (QED) is 0.526. The van der Waals surface area contributed by atoms with Crippen molar-refractivity contribution in [1.29, 1.82) is 0 Å². The Balaban J connectivity index is 2.10. The number of hydrogen-bond donors (Lipinski definition) is 4. The van der Waals surface area contributed by atoms with E-state index in [1.54, 1.807) is 12.1 Å². The van der Waals surface area contributed by atoms with E-state index in [2.05, 4.69) is 25.8 Å². The van der Waals surface area contributed by atoms with Gasteiger partial charge in [0.15, 0.2) is 11.6 Å². The molecule has 0 unspecified atom stereocenters. The zero-order valence-electron chi connectivity index (χ0n) is 12.7. The summed E-state index contributed by atoms with van der Waals surface area (Å²) in [6.45, 7) is 2.94. The first-order valence-electron chi connectivity index (χ1n) is 7.10. The molecule has 0 spiro atoms. The molecule has 1 amide bonds. The second-order valence-electron chi connectivity index (χ2n) is 4.58. The number of aromatic nitrogens is 3. The lowest BCUT2D eigenvalue weighted by molar-refractivity contribution is 0.0962. The van der Waals surface area contributed by atoms with Crippen LogP contribution in [0.5, 0.6) is 0 Å². The molecule has 2 aromatic heterocycles. The van der Waals surface area contributed by atoms with Gasteiger partial charge in [-0.1, -0.05) is 0 Å². The van der Waals surface area contributed by atoms with Crippen LogP contribution in [0.2, 0.25) is 0 Å². The van der Waals surface area contributed by atoms with Crippen molar-refractivity contribution in [3.8, 4) is 0 Å². The fraction of sp³-hybridized carbons (Fsp3) is 0.286. The Hall–Kier alpha value is -2.94. The molecule has 23 heavy (non-hydrogen) atoms. The highest BCUT2D eigenvalue weighted by Gasteiger charge is 2.14. The summed E-state index contributed by atoms with van der Waals surface area (Å²) in [6.07, 6.45) is 4.40. The predicted octanol–water partition coefficient (Wildman–Crippen LogP) is 0.0293. The van der Waals surface area contributed by atoms with Gasteiger partial charge in [-0.05, 0) is 19.1 Å². The number of carbonyl (C=O) groups is 1. The zero-order chi connectivity index (χ0) is 16.7. The van der Waals surface area contributed by atoms with Gasteiger partial charge < -0.3 is 15.7 Å². The van der Waals surface area contributed by atoms with E-state index < -0.39 is 0 Å². The van der Waals surface area contributed by atoms with E-state index in [1.807, 2.05) is 11.8 Å². The van der Waals surface area contributed by atoms with Crippen LogP contribution in [-0.4, -0.2) is 45.7 Å². The summed E-state index contributed by atoms with van der Waals surface area (Å²) in [5, 5.41) is 9.09. The van der Waals surface area contributed by atoms with Crippen LogP contribution >= 0.6 is 0 Å². The highest BCUT2D eigenvalue weighted by Crippen LogP contribution is 2.25. The number of carbonyl (C=O) groups excluding carboxylic acids is 1. The number of likely N-dealkylation sites (N-methyl/N-ethyl adjacent to an activating group) is 1. The molecule has 0 radical (unpaired) electrons. The first kappa shape index (κ1) is 16.4. The average molecular weight is 317 g/mol. The second-order valence-corrected chi connectivity index (χ2v) is 4.58. The van der Waals surface area contributed by atoms with Gasteiger partial charge in [0.25, 0.3) is 5.91 Å². The predicted molar refractivity (Wildman–Crippen MR) is 86.7 cm³/mol. The molecule has 2 heterocycles. The molecule has 0 fully saturated rings. The van der Waals surface area contributed by atoms with Crippen molar-refractivity contribution < 1.29 is 9.90 Å². The zero-order valence-corrected chi connectivity index (χ0v) is 12.7. The van der Waals surface area contributed by atoms with Crippen LogP contribution in [0.3, 0.4) is 0 Å². The molecule has 9 nitrogen and oxygen atoms in total. The van der Waals surface area contributed by atoms with Gasteiger partial charge in [-0.25, -0.2) is 9.97 Å². The van der Waals surface area contributed by atoms with Crippen molar-refractivity contribution in [1.82, 2.24) is 20.4 Å². The summed E-state index contributed by atoms with van der Waals surface area (Å²) in [4.78, 5) is 25.8. The number of rotatable bonds is 7. The molecule has 0 saturated carbocycles. The molecule has 2 rings (SSSR count). The number of nitrogen functional groups attached to an aromatic ring is 1. The number of aliphatic hydroxyl groups excluding tert-OH is 1. The third-order valence-electron chi connectivity index (χ3n) is 3.15. The standard InChI is InChI=1S/C14H19N7O2/c1-2-21(7-8-22)13-11(15)12(17-9-18-13)19-20-14(23)10-3-5-16-6-4-10/h3-6,9,22H,2,7-8,15H2,1H3,(H,20,23)(H,17,18,19). The molecule has 2 aromatic rings. The maximum Gasteiger partial charge on any atom is 0.269 e. The van der Waals surface area contributed by atoms with Crippen molar-refractivity contribution in [2.24, 2.45) is 0 Å². The number of hydrazine groups is 1. The lowest BCUT2D eigenvalue weighted by Gasteiger charge is -2.23. The van der Waals surface area contributed by atoms with Crippen LogP contribution in [0.4, 0.5) is 17.3 Å². The normalized spacial score (nSPS) is 10.2. The lowest BCUT2D eigenvalue weighted by Crippen LogP contribution is -2.32. The summed E-state index contributed by atoms with van der Waals surface area (Å²) in [5.41, 5.74) is 12.0. The van der Waals surface area contributed by atoms with Crippen LogP contribution in [0, 0.1) is 0 Å². The van der Waals surface area contributed by atoms with E-state index in [0.717, 1.165) is 0 Å². The number of nitrogens with two attached hydrogens (primary N) is 1. The first-order chi connectivity index (χ1) is 11.2. The van der Waals surface area contributed by atoms with E-state index in [-0.39, 0.29) is 24.0 Å². The fourth-order valence-electron chi connectivity index (χ4n) is 1.96. The third kappa shape index (κ3) is 4.04. The van der Waals surface area contributed by atoms with Crippen molar-refractivity contribution in [3.05, 3.63) is 36.4 Å². The van der Waals surface area contributed by atoms with Gasteiger partial charge in [0.1, 0.15) is 12.0 Å². The van der Waals surface area contributed by atoms with E-state index in [1.165, 1.54) is 18.7 Å². The maximum absolute atomic E-state index is 12.0. The van der Waals surface area contributed by atoms with Gasteiger partial charge in [0.05, 0.1) is 6.61 Å². The molecule has 5 N–H and O–H groups in total. The Morgan fingerprint density at radius 2 is 2.09 bits per heavy atom. The molecule has 0 aliphatic rings. The second kappa shape index (κ2) is 7.90. The molecule has 9 heteroatoms. The summed E-state index contributed by atoms with van der Waals surface area (Å²) in [6, 6.07) is 3.18. The topological polar surface area (TPSA) is 129 Å². The summed E-state index contributed by atoms with van der Waals surface area (Å²) in [7, 11) is 0. The summed E-state index contributed by atoms with van der Waals surface area (Å²) >= 11 is 0. The minimum Gasteiger partial charge on any atom is -0.395 e. The number of anilines is 3. The van der Waals surface area contributed by atoms with Crippen molar-refractivity contribution in [3.63, 3.8) is 0 Å². The van der Waals surface area contributed by atoms with Crippen molar-refractivity contribution in [2.45, 2.75) is 6.92 Å². The van der Waals surface area contributed by atoms with Crippen LogP contribution in [0.1, 0.15) is 17.3 Å². The molecule has 0 saturated heterocycles. The highest BCUT2D eigenvalue weighted by atomic mass is 16.3. The summed E-state index contributed by atoms with van der Waals surface area (Å²) < 4.78 is 0. The Kier molecular flexibility index (Phi) is 5.64. The monoisotopic (exact) mass is 317 g/mol. The average Bonchev–Trinajstić information content (AvgIpc) is 2.59. The SMILES string of the molecule is CCN(CCO)c1ncnc(NNC(=O)c2ccncc2)c1N. The Morgan fingerprint density at radius 1 is 1.35 bits per heavy atom. The number of nitrogens with zero attached hydrogens (tertiary/aromatic N) is 4. The Bertz CT molecular complexity index is 651. The fourth-order valence-corrected chi connectivity index (χ4v) is 1.96. The lowest BCUT2D eigenvalue weighted by atomic mass is 10.3.